The first kappa shape index (κ1) is 23.9. The maximum atomic E-state index is 11.3. The fourth-order valence-electron chi connectivity index (χ4n) is 4.73. The third-order valence-electron chi connectivity index (χ3n) is 6.28. The van der Waals surface area contributed by atoms with Crippen LogP contribution in [0.5, 0.6) is 5.75 Å². The Balaban J connectivity index is 0.00000272. The molecular formula is C24H29Cl2NO4. The van der Waals surface area contributed by atoms with Gasteiger partial charge >= 0.3 is 5.97 Å². The lowest BCUT2D eigenvalue weighted by Crippen LogP contribution is -2.46. The van der Waals surface area contributed by atoms with Crippen LogP contribution < -0.4 is 10.1 Å². The highest BCUT2D eigenvalue weighted by molar-refractivity contribution is 6.31. The van der Waals surface area contributed by atoms with Crippen LogP contribution in [-0.2, 0) is 41.0 Å². The number of carbonyl (C=O) groups is 1. The number of hydrogen-bond acceptors (Lipinski definition) is 4. The lowest BCUT2D eigenvalue weighted by Gasteiger charge is -2.35. The van der Waals surface area contributed by atoms with Gasteiger partial charge in [0.15, 0.2) is 0 Å². The van der Waals surface area contributed by atoms with E-state index < -0.39 is 5.97 Å². The summed E-state index contributed by atoms with van der Waals surface area (Å²) in [6.07, 6.45) is 3.17. The van der Waals surface area contributed by atoms with E-state index in [2.05, 4.69) is 24.4 Å². The van der Waals surface area contributed by atoms with Crippen LogP contribution in [0.15, 0.2) is 30.3 Å². The average molecular weight is 466 g/mol. The number of benzene rings is 2. The van der Waals surface area contributed by atoms with Crippen LogP contribution in [0.1, 0.15) is 47.6 Å². The molecule has 0 aromatic heterocycles. The summed E-state index contributed by atoms with van der Waals surface area (Å²) in [5.74, 6) is -0.0565. The number of hydrogen-bond donors (Lipinski definition) is 2. The number of carboxylic acid groups (broad SMARTS) is 1. The van der Waals surface area contributed by atoms with Gasteiger partial charge < -0.3 is 19.9 Å². The first-order valence-corrected chi connectivity index (χ1v) is 11.0. The van der Waals surface area contributed by atoms with E-state index in [1.54, 1.807) is 0 Å². The largest absolute Gasteiger partial charge is 0.489 e. The monoisotopic (exact) mass is 465 g/mol. The zero-order chi connectivity index (χ0) is 21.1. The van der Waals surface area contributed by atoms with Crippen LogP contribution in [0.2, 0.25) is 5.02 Å². The van der Waals surface area contributed by atoms with Crippen LogP contribution in [0, 0.1) is 0 Å². The molecule has 5 nitrogen and oxygen atoms in total. The topological polar surface area (TPSA) is 67.8 Å². The number of halogens is 2. The third-order valence-corrected chi connectivity index (χ3v) is 6.64. The lowest BCUT2D eigenvalue weighted by molar-refractivity contribution is -0.136. The van der Waals surface area contributed by atoms with Gasteiger partial charge in [-0.25, -0.2) is 0 Å². The fraction of sp³-hybridized carbons (Fsp3) is 0.458. The minimum absolute atomic E-state index is 0. The highest BCUT2D eigenvalue weighted by Gasteiger charge is 2.42. The van der Waals surface area contributed by atoms with Gasteiger partial charge in [-0.2, -0.15) is 0 Å². The SMILES string of the molecule is CCc1cccc(Cl)c1COc1ccc2c(c1CCC(=O)O)CC[C@@]21CNCCO1.Cl. The zero-order valence-corrected chi connectivity index (χ0v) is 19.3. The molecule has 0 radical (unpaired) electrons. The lowest BCUT2D eigenvalue weighted by atomic mass is 9.91. The highest BCUT2D eigenvalue weighted by atomic mass is 35.5. The van der Waals surface area contributed by atoms with E-state index in [9.17, 15) is 9.90 Å². The number of aliphatic carboxylic acids is 1. The van der Waals surface area contributed by atoms with Crippen LogP contribution in [-0.4, -0.2) is 30.8 Å². The van der Waals surface area contributed by atoms with E-state index in [4.69, 9.17) is 21.1 Å². The van der Waals surface area contributed by atoms with E-state index in [1.165, 1.54) is 11.1 Å². The van der Waals surface area contributed by atoms with Crippen LogP contribution in [0.25, 0.3) is 0 Å². The van der Waals surface area contributed by atoms with Crippen molar-refractivity contribution >= 4 is 30.0 Å². The summed E-state index contributed by atoms with van der Waals surface area (Å²) in [6, 6.07) is 9.97. The molecule has 31 heavy (non-hydrogen) atoms. The molecule has 2 aromatic rings. The minimum Gasteiger partial charge on any atom is -0.489 e. The van der Waals surface area contributed by atoms with E-state index >= 15 is 0 Å². The molecule has 2 aliphatic rings. The van der Waals surface area contributed by atoms with Gasteiger partial charge in [0.05, 0.1) is 6.61 Å². The maximum absolute atomic E-state index is 11.3. The molecule has 1 fully saturated rings. The molecule has 0 bridgehead atoms. The normalized spacial score (nSPS) is 19.7. The fourth-order valence-corrected chi connectivity index (χ4v) is 4.97. The number of ether oxygens (including phenoxy) is 2. The van der Waals surface area contributed by atoms with Crippen molar-refractivity contribution in [1.82, 2.24) is 5.32 Å². The number of rotatable bonds is 7. The second-order valence-corrected chi connectivity index (χ2v) is 8.41. The Labute approximate surface area is 194 Å². The Hall–Kier alpha value is -1.79. The van der Waals surface area contributed by atoms with Gasteiger partial charge in [-0.3, -0.25) is 4.79 Å². The summed E-state index contributed by atoms with van der Waals surface area (Å²) < 4.78 is 12.5. The maximum Gasteiger partial charge on any atom is 0.303 e. The summed E-state index contributed by atoms with van der Waals surface area (Å²) in [5, 5.41) is 13.4. The minimum atomic E-state index is -0.804. The van der Waals surface area contributed by atoms with E-state index in [1.807, 2.05) is 18.2 Å². The summed E-state index contributed by atoms with van der Waals surface area (Å²) in [6.45, 7) is 4.81. The molecule has 0 saturated carbocycles. The van der Waals surface area contributed by atoms with Gasteiger partial charge in [0, 0.05) is 30.1 Å². The van der Waals surface area contributed by atoms with Crippen molar-refractivity contribution in [3.05, 3.63) is 63.2 Å². The predicted octanol–water partition coefficient (Wildman–Crippen LogP) is 4.68. The van der Waals surface area contributed by atoms with E-state index in [0.717, 1.165) is 54.8 Å². The Morgan fingerprint density at radius 3 is 2.84 bits per heavy atom. The molecule has 0 amide bonds. The van der Waals surface area contributed by atoms with Gasteiger partial charge in [0.25, 0.3) is 0 Å². The van der Waals surface area contributed by atoms with Crippen molar-refractivity contribution in [2.45, 2.75) is 51.2 Å². The van der Waals surface area contributed by atoms with Gasteiger partial charge in [0.2, 0.25) is 0 Å². The number of morpholine rings is 1. The first-order chi connectivity index (χ1) is 14.5. The van der Waals surface area contributed by atoms with Crippen molar-refractivity contribution in [3.8, 4) is 5.75 Å². The van der Waals surface area contributed by atoms with Crippen LogP contribution in [0.4, 0.5) is 0 Å². The summed E-state index contributed by atoms with van der Waals surface area (Å²) >= 11 is 6.43. The Morgan fingerprint density at radius 2 is 2.13 bits per heavy atom. The number of fused-ring (bicyclic) bond motifs is 2. The summed E-state index contributed by atoms with van der Waals surface area (Å²) in [4.78, 5) is 11.3. The first-order valence-electron chi connectivity index (χ1n) is 10.6. The molecule has 4 rings (SSSR count). The summed E-state index contributed by atoms with van der Waals surface area (Å²) in [7, 11) is 0. The molecule has 7 heteroatoms. The van der Waals surface area contributed by atoms with E-state index in [0.29, 0.717) is 24.7 Å². The molecular weight excluding hydrogens is 437 g/mol. The molecule has 0 unspecified atom stereocenters. The predicted molar refractivity (Wildman–Crippen MR) is 124 cm³/mol. The van der Waals surface area contributed by atoms with Crippen molar-refractivity contribution in [1.29, 1.82) is 0 Å². The van der Waals surface area contributed by atoms with Crippen molar-refractivity contribution in [3.63, 3.8) is 0 Å². The Bertz CT molecular complexity index is 941. The van der Waals surface area contributed by atoms with Crippen molar-refractivity contribution in [2.24, 2.45) is 0 Å². The standard InChI is InChI=1S/C24H28ClNO4.ClH/c1-2-16-4-3-5-21(25)19(16)14-29-22-8-7-20-17(18(22)6-9-23(27)28)10-11-24(20)15-26-12-13-30-24;/h3-5,7-8,26H,2,6,9-15H2,1H3,(H,27,28);1H/t24-;/m1./s1. The molecule has 1 aliphatic heterocycles. The Kier molecular flexibility index (Phi) is 7.87. The molecule has 1 spiro atoms. The van der Waals surface area contributed by atoms with Crippen LogP contribution in [0.3, 0.4) is 0 Å². The van der Waals surface area contributed by atoms with Gasteiger partial charge in [-0.1, -0.05) is 36.7 Å². The van der Waals surface area contributed by atoms with Gasteiger partial charge in [-0.15, -0.1) is 12.4 Å². The quantitative estimate of drug-likeness (QED) is 0.620. The number of carboxylic acids is 1. The molecule has 1 heterocycles. The van der Waals surface area contributed by atoms with Crippen LogP contribution >= 0.6 is 24.0 Å². The summed E-state index contributed by atoms with van der Waals surface area (Å²) in [5.41, 5.74) is 5.20. The second-order valence-electron chi connectivity index (χ2n) is 8.00. The number of aryl methyl sites for hydroxylation is 1. The molecule has 2 aromatic carbocycles. The molecule has 1 saturated heterocycles. The third kappa shape index (κ3) is 4.85. The second kappa shape index (κ2) is 10.2. The molecule has 2 N–H and O–H groups in total. The van der Waals surface area contributed by atoms with Gasteiger partial charge in [0.1, 0.15) is 18.0 Å². The Morgan fingerprint density at radius 1 is 1.29 bits per heavy atom. The average Bonchev–Trinajstić information content (AvgIpc) is 3.09. The van der Waals surface area contributed by atoms with Gasteiger partial charge in [-0.05, 0) is 60.1 Å². The van der Waals surface area contributed by atoms with Crippen molar-refractivity contribution in [2.75, 3.05) is 19.7 Å². The number of nitrogens with one attached hydrogen (secondary N) is 1. The zero-order valence-electron chi connectivity index (χ0n) is 17.7. The molecule has 1 atom stereocenters. The smallest absolute Gasteiger partial charge is 0.303 e. The van der Waals surface area contributed by atoms with E-state index in [-0.39, 0.29) is 24.4 Å². The molecule has 168 valence electrons. The molecule has 1 aliphatic carbocycles. The highest BCUT2D eigenvalue weighted by Crippen LogP contribution is 2.45. The van der Waals surface area contributed by atoms with Crippen molar-refractivity contribution < 1.29 is 19.4 Å².